The first kappa shape index (κ1) is 14.5. The molecule has 2 fully saturated rings. The SMILES string of the molecule is NNC(=O)c1coc(CN2CCC(N3CCOCC3)C2)c1. The molecule has 1 unspecified atom stereocenters. The summed E-state index contributed by atoms with van der Waals surface area (Å²) in [6.45, 7) is 6.57. The van der Waals surface area contributed by atoms with Crippen molar-refractivity contribution in [2.75, 3.05) is 39.4 Å². The first-order valence-electron chi connectivity index (χ1n) is 7.39. The van der Waals surface area contributed by atoms with E-state index < -0.39 is 0 Å². The van der Waals surface area contributed by atoms with Gasteiger partial charge < -0.3 is 9.15 Å². The van der Waals surface area contributed by atoms with Crippen LogP contribution >= 0.6 is 0 Å². The van der Waals surface area contributed by atoms with Gasteiger partial charge in [0, 0.05) is 32.2 Å². The van der Waals surface area contributed by atoms with Gasteiger partial charge in [-0.15, -0.1) is 0 Å². The topological polar surface area (TPSA) is 84.0 Å². The molecule has 0 bridgehead atoms. The van der Waals surface area contributed by atoms with Crippen molar-refractivity contribution in [1.82, 2.24) is 15.2 Å². The van der Waals surface area contributed by atoms with E-state index in [0.29, 0.717) is 11.6 Å². The number of nitrogen functional groups attached to an aromatic ring is 1. The lowest BCUT2D eigenvalue weighted by Crippen LogP contribution is -2.44. The van der Waals surface area contributed by atoms with Crippen molar-refractivity contribution < 1.29 is 13.9 Å². The van der Waals surface area contributed by atoms with Crippen LogP contribution < -0.4 is 11.3 Å². The fourth-order valence-electron chi connectivity index (χ4n) is 3.08. The molecule has 0 saturated carbocycles. The van der Waals surface area contributed by atoms with Gasteiger partial charge in [0.15, 0.2) is 0 Å². The highest BCUT2D eigenvalue weighted by Gasteiger charge is 2.29. The van der Waals surface area contributed by atoms with Crippen LogP contribution in [0.3, 0.4) is 0 Å². The molecule has 2 aliphatic rings. The first-order chi connectivity index (χ1) is 10.3. The predicted molar refractivity (Wildman–Crippen MR) is 76.4 cm³/mol. The summed E-state index contributed by atoms with van der Waals surface area (Å²) in [5.74, 6) is 5.59. The van der Waals surface area contributed by atoms with E-state index in [0.717, 1.165) is 51.7 Å². The Labute approximate surface area is 124 Å². The van der Waals surface area contributed by atoms with Crippen molar-refractivity contribution in [1.29, 1.82) is 0 Å². The predicted octanol–water partition coefficient (Wildman–Crippen LogP) is -0.210. The summed E-state index contributed by atoms with van der Waals surface area (Å²) in [5, 5.41) is 0. The number of nitrogens with one attached hydrogen (secondary N) is 1. The number of likely N-dealkylation sites (tertiary alicyclic amines) is 1. The van der Waals surface area contributed by atoms with Gasteiger partial charge in [0.2, 0.25) is 0 Å². The number of amides is 1. The minimum Gasteiger partial charge on any atom is -0.467 e. The van der Waals surface area contributed by atoms with Crippen LogP contribution in [-0.2, 0) is 11.3 Å². The third-order valence-electron chi connectivity index (χ3n) is 4.24. The highest BCUT2D eigenvalue weighted by atomic mass is 16.5. The number of rotatable bonds is 4. The van der Waals surface area contributed by atoms with Gasteiger partial charge in [0.1, 0.15) is 12.0 Å². The zero-order valence-corrected chi connectivity index (χ0v) is 12.1. The van der Waals surface area contributed by atoms with E-state index in [1.54, 1.807) is 6.07 Å². The Kier molecular flexibility index (Phi) is 4.54. The number of nitrogens with two attached hydrogens (primary N) is 1. The summed E-state index contributed by atoms with van der Waals surface area (Å²) < 4.78 is 10.8. The van der Waals surface area contributed by atoms with E-state index in [1.807, 2.05) is 0 Å². The summed E-state index contributed by atoms with van der Waals surface area (Å²) in [7, 11) is 0. The summed E-state index contributed by atoms with van der Waals surface area (Å²) >= 11 is 0. The summed E-state index contributed by atoms with van der Waals surface area (Å²) in [6.07, 6.45) is 2.63. The van der Waals surface area contributed by atoms with Crippen molar-refractivity contribution in [3.8, 4) is 0 Å². The minimum atomic E-state index is -0.322. The number of hydrogen-bond acceptors (Lipinski definition) is 6. The van der Waals surface area contributed by atoms with Crippen LogP contribution in [0.2, 0.25) is 0 Å². The van der Waals surface area contributed by atoms with Crippen molar-refractivity contribution in [2.45, 2.75) is 19.0 Å². The third kappa shape index (κ3) is 3.44. The molecule has 0 aliphatic carbocycles. The molecule has 2 aliphatic heterocycles. The maximum Gasteiger partial charge on any atom is 0.268 e. The van der Waals surface area contributed by atoms with Gasteiger partial charge in [-0.3, -0.25) is 20.0 Å². The summed E-state index contributed by atoms with van der Waals surface area (Å²) in [5.41, 5.74) is 2.58. The van der Waals surface area contributed by atoms with Crippen LogP contribution in [0, 0.1) is 0 Å². The van der Waals surface area contributed by atoms with Crippen LogP contribution in [-0.4, -0.2) is 61.1 Å². The third-order valence-corrected chi connectivity index (χ3v) is 4.24. The van der Waals surface area contributed by atoms with Crippen molar-refractivity contribution >= 4 is 5.91 Å². The molecule has 3 heterocycles. The minimum absolute atomic E-state index is 0.322. The molecule has 1 amide bonds. The second-order valence-corrected chi connectivity index (χ2v) is 5.60. The second-order valence-electron chi connectivity index (χ2n) is 5.60. The van der Waals surface area contributed by atoms with Crippen molar-refractivity contribution in [3.63, 3.8) is 0 Å². The van der Waals surface area contributed by atoms with Gasteiger partial charge >= 0.3 is 0 Å². The summed E-state index contributed by atoms with van der Waals surface area (Å²) in [6, 6.07) is 2.36. The van der Waals surface area contributed by atoms with Gasteiger partial charge in [0.05, 0.1) is 25.3 Å². The van der Waals surface area contributed by atoms with E-state index >= 15 is 0 Å². The van der Waals surface area contributed by atoms with E-state index in [-0.39, 0.29) is 5.91 Å². The quantitative estimate of drug-likeness (QED) is 0.454. The Balaban J connectivity index is 1.52. The van der Waals surface area contributed by atoms with Gasteiger partial charge in [-0.05, 0) is 12.5 Å². The van der Waals surface area contributed by atoms with Gasteiger partial charge in [-0.25, -0.2) is 5.84 Å². The highest BCUT2D eigenvalue weighted by Crippen LogP contribution is 2.20. The molecule has 7 heteroatoms. The number of hydrazine groups is 1. The Morgan fingerprint density at radius 2 is 2.19 bits per heavy atom. The highest BCUT2D eigenvalue weighted by molar-refractivity contribution is 5.93. The fourth-order valence-corrected chi connectivity index (χ4v) is 3.08. The van der Waals surface area contributed by atoms with Crippen LogP contribution in [0.25, 0.3) is 0 Å². The molecule has 1 aromatic heterocycles. The summed E-state index contributed by atoms with van der Waals surface area (Å²) in [4.78, 5) is 16.3. The Morgan fingerprint density at radius 1 is 1.38 bits per heavy atom. The number of carbonyl (C=O) groups is 1. The van der Waals surface area contributed by atoms with Crippen molar-refractivity contribution in [3.05, 3.63) is 23.7 Å². The number of carbonyl (C=O) groups excluding carboxylic acids is 1. The molecule has 7 nitrogen and oxygen atoms in total. The van der Waals surface area contributed by atoms with E-state index in [1.165, 1.54) is 12.7 Å². The smallest absolute Gasteiger partial charge is 0.268 e. The molecule has 0 radical (unpaired) electrons. The molecule has 1 aromatic rings. The van der Waals surface area contributed by atoms with Crippen LogP contribution in [0.5, 0.6) is 0 Å². The monoisotopic (exact) mass is 294 g/mol. The number of hydrogen-bond donors (Lipinski definition) is 2. The molecule has 21 heavy (non-hydrogen) atoms. The van der Waals surface area contributed by atoms with E-state index in [9.17, 15) is 4.79 Å². The maximum atomic E-state index is 11.4. The van der Waals surface area contributed by atoms with Gasteiger partial charge in [0.25, 0.3) is 5.91 Å². The normalized spacial score (nSPS) is 24.3. The molecule has 1 atom stereocenters. The standard InChI is InChI=1S/C14H22N4O3/c15-16-14(19)11-7-13(21-10-11)9-17-2-1-12(8-17)18-3-5-20-6-4-18/h7,10,12H,1-6,8-9,15H2,(H,16,19). The first-order valence-corrected chi connectivity index (χ1v) is 7.39. The second kappa shape index (κ2) is 6.57. The molecular weight excluding hydrogens is 272 g/mol. The molecule has 0 aromatic carbocycles. The lowest BCUT2D eigenvalue weighted by molar-refractivity contribution is 0.0182. The number of morpholine rings is 1. The molecule has 0 spiro atoms. The van der Waals surface area contributed by atoms with E-state index in [4.69, 9.17) is 15.0 Å². The van der Waals surface area contributed by atoms with Crippen molar-refractivity contribution in [2.24, 2.45) is 5.84 Å². The molecule has 2 saturated heterocycles. The Bertz CT molecular complexity index is 484. The molecular formula is C14H22N4O3. The lowest BCUT2D eigenvalue weighted by atomic mass is 10.2. The van der Waals surface area contributed by atoms with E-state index in [2.05, 4.69) is 15.2 Å². The Hall–Kier alpha value is -1.41. The van der Waals surface area contributed by atoms with Crippen LogP contribution in [0.1, 0.15) is 22.5 Å². The number of nitrogens with zero attached hydrogens (tertiary/aromatic N) is 2. The van der Waals surface area contributed by atoms with Crippen LogP contribution in [0.15, 0.2) is 16.7 Å². The fraction of sp³-hybridized carbons (Fsp3) is 0.643. The number of ether oxygens (including phenoxy) is 1. The average Bonchev–Trinajstić information content (AvgIpc) is 3.17. The van der Waals surface area contributed by atoms with Gasteiger partial charge in [-0.1, -0.05) is 0 Å². The Morgan fingerprint density at radius 3 is 2.95 bits per heavy atom. The zero-order valence-electron chi connectivity index (χ0n) is 12.1. The molecule has 3 N–H and O–H groups in total. The number of furan rings is 1. The molecule has 116 valence electrons. The average molecular weight is 294 g/mol. The maximum absolute atomic E-state index is 11.4. The van der Waals surface area contributed by atoms with Gasteiger partial charge in [-0.2, -0.15) is 0 Å². The lowest BCUT2D eigenvalue weighted by Gasteiger charge is -2.32. The largest absolute Gasteiger partial charge is 0.467 e. The zero-order chi connectivity index (χ0) is 14.7. The van der Waals surface area contributed by atoms with Crippen LogP contribution in [0.4, 0.5) is 0 Å². The molecule has 3 rings (SSSR count).